The maximum atomic E-state index is 12.0. The standard InChI is InChI=1S/C26H35N3O3/c1-4-6-15-29(16-7-5-2)23-18-20(26(30)31)17-22(28-25-19(3)13-14-27-25)24(23)32-21-11-9-8-10-12-21/h8-12,17-18,27-28H,4-7,13-16H2,1-3H3,(H,30,31). The molecule has 0 radical (unpaired) electrons. The molecule has 0 atom stereocenters. The van der Waals surface area contributed by atoms with E-state index in [4.69, 9.17) is 4.74 Å². The van der Waals surface area contributed by atoms with Gasteiger partial charge in [-0.05, 0) is 56.0 Å². The lowest BCUT2D eigenvalue weighted by Crippen LogP contribution is -2.27. The normalized spacial score (nSPS) is 13.1. The van der Waals surface area contributed by atoms with Gasteiger partial charge in [0.05, 0.1) is 16.9 Å². The Bertz CT molecular complexity index is 933. The number of aromatic carboxylic acids is 1. The lowest BCUT2D eigenvalue weighted by molar-refractivity contribution is 0.0697. The molecule has 6 heteroatoms. The predicted molar refractivity (Wildman–Crippen MR) is 131 cm³/mol. The predicted octanol–water partition coefficient (Wildman–Crippen LogP) is 6.22. The van der Waals surface area contributed by atoms with E-state index in [-0.39, 0.29) is 5.56 Å². The van der Waals surface area contributed by atoms with Gasteiger partial charge in [-0.25, -0.2) is 4.79 Å². The Labute approximate surface area is 191 Å². The summed E-state index contributed by atoms with van der Waals surface area (Å²) >= 11 is 0. The third kappa shape index (κ3) is 5.96. The van der Waals surface area contributed by atoms with E-state index in [0.717, 1.165) is 69.0 Å². The highest BCUT2D eigenvalue weighted by Gasteiger charge is 2.22. The minimum atomic E-state index is -0.948. The first-order valence-corrected chi connectivity index (χ1v) is 11.6. The van der Waals surface area contributed by atoms with Crippen LogP contribution >= 0.6 is 0 Å². The highest BCUT2D eigenvalue weighted by molar-refractivity contribution is 5.93. The number of nitrogens with one attached hydrogen (secondary N) is 2. The molecular formula is C26H35N3O3. The van der Waals surface area contributed by atoms with E-state index >= 15 is 0 Å². The number of unbranched alkanes of at least 4 members (excludes halogenated alkanes) is 2. The van der Waals surface area contributed by atoms with Gasteiger partial charge in [0.1, 0.15) is 11.6 Å². The van der Waals surface area contributed by atoms with Crippen molar-refractivity contribution in [2.24, 2.45) is 0 Å². The van der Waals surface area contributed by atoms with E-state index in [2.05, 4.69) is 36.3 Å². The fourth-order valence-electron chi connectivity index (χ4n) is 3.77. The maximum Gasteiger partial charge on any atom is 0.335 e. The molecule has 6 nitrogen and oxygen atoms in total. The first kappa shape index (κ1) is 23.5. The van der Waals surface area contributed by atoms with Gasteiger partial charge < -0.3 is 25.4 Å². The Morgan fingerprint density at radius 2 is 1.81 bits per heavy atom. The molecule has 3 rings (SSSR count). The highest BCUT2D eigenvalue weighted by Crippen LogP contribution is 2.42. The molecule has 0 saturated heterocycles. The summed E-state index contributed by atoms with van der Waals surface area (Å²) in [5.74, 6) is 1.35. The van der Waals surface area contributed by atoms with Crippen molar-refractivity contribution >= 4 is 17.3 Å². The van der Waals surface area contributed by atoms with Gasteiger partial charge in [-0.15, -0.1) is 0 Å². The van der Waals surface area contributed by atoms with Gasteiger partial charge in [0.2, 0.25) is 0 Å². The summed E-state index contributed by atoms with van der Waals surface area (Å²) in [6.07, 6.45) is 5.15. The fourth-order valence-corrected chi connectivity index (χ4v) is 3.77. The first-order valence-electron chi connectivity index (χ1n) is 11.6. The Hall–Kier alpha value is -3.15. The number of carbonyl (C=O) groups is 1. The van der Waals surface area contributed by atoms with Crippen molar-refractivity contribution in [2.75, 3.05) is 29.9 Å². The van der Waals surface area contributed by atoms with Crippen LogP contribution in [0.25, 0.3) is 0 Å². The zero-order chi connectivity index (χ0) is 22.9. The van der Waals surface area contributed by atoms with E-state index in [1.54, 1.807) is 12.1 Å². The SMILES string of the molecule is CCCCN(CCCC)c1cc(C(=O)O)cc(NC2=C(C)CCN2)c1Oc1ccccc1. The molecule has 32 heavy (non-hydrogen) atoms. The first-order chi connectivity index (χ1) is 15.5. The molecule has 1 aliphatic rings. The van der Waals surface area contributed by atoms with Crippen LogP contribution in [0.15, 0.2) is 53.9 Å². The third-order valence-electron chi connectivity index (χ3n) is 5.67. The van der Waals surface area contributed by atoms with E-state index < -0.39 is 5.97 Å². The molecule has 2 aromatic carbocycles. The van der Waals surface area contributed by atoms with Gasteiger partial charge in [0.15, 0.2) is 5.75 Å². The van der Waals surface area contributed by atoms with Gasteiger partial charge in [-0.1, -0.05) is 44.9 Å². The summed E-state index contributed by atoms with van der Waals surface area (Å²) in [5.41, 5.74) is 2.93. The van der Waals surface area contributed by atoms with E-state index in [1.165, 1.54) is 5.57 Å². The van der Waals surface area contributed by atoms with Crippen LogP contribution in [0.4, 0.5) is 11.4 Å². The molecule has 1 aliphatic heterocycles. The quantitative estimate of drug-likeness (QED) is 0.366. The number of carboxylic acid groups (broad SMARTS) is 1. The Balaban J connectivity index is 2.13. The van der Waals surface area contributed by atoms with Crippen LogP contribution < -0.4 is 20.3 Å². The number of benzene rings is 2. The van der Waals surface area contributed by atoms with Crippen molar-refractivity contribution in [1.29, 1.82) is 0 Å². The molecule has 3 N–H and O–H groups in total. The molecule has 0 bridgehead atoms. The van der Waals surface area contributed by atoms with Crippen LogP contribution in [-0.2, 0) is 0 Å². The molecule has 2 aromatic rings. The lowest BCUT2D eigenvalue weighted by Gasteiger charge is -2.29. The Morgan fingerprint density at radius 3 is 2.38 bits per heavy atom. The third-order valence-corrected chi connectivity index (χ3v) is 5.67. The second kappa shape index (κ2) is 11.5. The number of anilines is 2. The van der Waals surface area contributed by atoms with Gasteiger partial charge >= 0.3 is 5.97 Å². The topological polar surface area (TPSA) is 73.8 Å². The molecule has 0 spiro atoms. The van der Waals surface area contributed by atoms with Crippen molar-refractivity contribution in [3.05, 3.63) is 59.4 Å². The van der Waals surface area contributed by atoms with Crippen LogP contribution in [0.3, 0.4) is 0 Å². The van der Waals surface area contributed by atoms with E-state index in [0.29, 0.717) is 11.4 Å². The van der Waals surface area contributed by atoms with Crippen LogP contribution in [-0.4, -0.2) is 30.7 Å². The summed E-state index contributed by atoms with van der Waals surface area (Å²) in [7, 11) is 0. The molecule has 0 aromatic heterocycles. The largest absolute Gasteiger partial charge is 0.478 e. The smallest absolute Gasteiger partial charge is 0.335 e. The zero-order valence-corrected chi connectivity index (χ0v) is 19.4. The van der Waals surface area contributed by atoms with Crippen molar-refractivity contribution in [3.63, 3.8) is 0 Å². The van der Waals surface area contributed by atoms with Crippen molar-refractivity contribution < 1.29 is 14.6 Å². The molecule has 0 saturated carbocycles. The van der Waals surface area contributed by atoms with E-state index in [1.807, 2.05) is 30.3 Å². The molecule has 172 valence electrons. The van der Waals surface area contributed by atoms with Crippen LogP contribution in [0.5, 0.6) is 11.5 Å². The molecule has 0 amide bonds. The minimum Gasteiger partial charge on any atom is -0.478 e. The monoisotopic (exact) mass is 437 g/mol. The summed E-state index contributed by atoms with van der Waals surface area (Å²) in [6.45, 7) is 8.99. The molecule has 0 fully saturated rings. The minimum absolute atomic E-state index is 0.247. The molecular weight excluding hydrogens is 402 g/mol. The number of hydrogen-bond donors (Lipinski definition) is 3. The summed E-state index contributed by atoms with van der Waals surface area (Å²) in [4.78, 5) is 14.3. The Kier molecular flexibility index (Phi) is 8.42. The van der Waals surface area contributed by atoms with Gasteiger partial charge in [-0.2, -0.15) is 0 Å². The average molecular weight is 438 g/mol. The highest BCUT2D eigenvalue weighted by atomic mass is 16.5. The number of carboxylic acids is 1. The number of hydrogen-bond acceptors (Lipinski definition) is 5. The average Bonchev–Trinajstić information content (AvgIpc) is 3.20. The summed E-state index contributed by atoms with van der Waals surface area (Å²) in [5, 5.41) is 16.6. The fraction of sp³-hybridized carbons (Fsp3) is 0.423. The van der Waals surface area contributed by atoms with Crippen LogP contribution in [0.1, 0.15) is 63.2 Å². The number of para-hydroxylation sites is 1. The van der Waals surface area contributed by atoms with Crippen LogP contribution in [0, 0.1) is 0 Å². The van der Waals surface area contributed by atoms with Crippen molar-refractivity contribution in [2.45, 2.75) is 52.9 Å². The second-order valence-electron chi connectivity index (χ2n) is 8.24. The van der Waals surface area contributed by atoms with Gasteiger partial charge in [0, 0.05) is 19.6 Å². The van der Waals surface area contributed by atoms with Crippen LogP contribution in [0.2, 0.25) is 0 Å². The number of nitrogens with zero attached hydrogens (tertiary/aromatic N) is 1. The number of ether oxygens (including phenoxy) is 1. The zero-order valence-electron chi connectivity index (χ0n) is 19.4. The molecule has 0 aliphatic carbocycles. The Morgan fingerprint density at radius 1 is 1.12 bits per heavy atom. The lowest BCUT2D eigenvalue weighted by atomic mass is 10.1. The summed E-state index contributed by atoms with van der Waals surface area (Å²) < 4.78 is 6.41. The van der Waals surface area contributed by atoms with Gasteiger partial charge in [0.25, 0.3) is 0 Å². The number of rotatable bonds is 12. The van der Waals surface area contributed by atoms with Gasteiger partial charge in [-0.3, -0.25) is 0 Å². The molecule has 1 heterocycles. The second-order valence-corrected chi connectivity index (χ2v) is 8.24. The maximum absolute atomic E-state index is 12.0. The summed E-state index contributed by atoms with van der Waals surface area (Å²) in [6, 6.07) is 13.1. The van der Waals surface area contributed by atoms with E-state index in [9.17, 15) is 9.90 Å². The molecule has 0 unspecified atom stereocenters. The van der Waals surface area contributed by atoms with Crippen molar-refractivity contribution in [3.8, 4) is 11.5 Å². The van der Waals surface area contributed by atoms with Crippen molar-refractivity contribution in [1.82, 2.24) is 5.32 Å².